The van der Waals surface area contributed by atoms with E-state index in [1.54, 1.807) is 0 Å². The van der Waals surface area contributed by atoms with Gasteiger partial charge < -0.3 is 22.0 Å². The number of rotatable bonds is 6. The molecule has 0 aliphatic rings. The van der Waals surface area contributed by atoms with Gasteiger partial charge in [0.25, 0.3) is 0 Å². The number of hydrogen-bond acceptors (Lipinski definition) is 0. The molecular weight excluding hydrogens is 1250 g/mol. The summed E-state index contributed by atoms with van der Waals surface area (Å²) in [5, 5.41) is 16.2. The molecule has 0 atom stereocenters. The number of fused-ring (bicyclic) bond motifs is 7. The summed E-state index contributed by atoms with van der Waals surface area (Å²) in [6.07, 6.45) is 14.3. The molecule has 12 aromatic rings. The van der Waals surface area contributed by atoms with E-state index in [1.807, 2.05) is 48.5 Å². The number of nitrogens with zero attached hydrogens (tertiary/aromatic N) is 2. The third-order valence-corrected chi connectivity index (χ3v) is 18.6. The largest absolute Gasteiger partial charge is 1.00 e. The van der Waals surface area contributed by atoms with Gasteiger partial charge in [0.1, 0.15) is 47.7 Å². The number of benzene rings is 10. The summed E-state index contributed by atoms with van der Waals surface area (Å²) >= 11 is 0. The van der Waals surface area contributed by atoms with Gasteiger partial charge in [-0.15, -0.1) is 35.4 Å². The van der Waals surface area contributed by atoms with Crippen LogP contribution in [-0.4, -0.2) is 9.13 Å². The fourth-order valence-corrected chi connectivity index (χ4v) is 15.6. The Bertz CT molecular complexity index is 3590. The number of para-hydroxylation sites is 2. The fraction of sp³-hybridized carbons (Fsp3) is 0.0312. The first-order valence-electron chi connectivity index (χ1n) is 22.8. The van der Waals surface area contributed by atoms with E-state index in [0.717, 1.165) is 16.6 Å². The first kappa shape index (κ1) is 49.9. The van der Waals surface area contributed by atoms with Crippen molar-refractivity contribution in [1.82, 2.24) is 9.13 Å². The van der Waals surface area contributed by atoms with E-state index < -0.39 is 15.8 Å². The Morgan fingerprint density at radius 2 is 0.643 bits per heavy atom. The van der Waals surface area contributed by atoms with Gasteiger partial charge in [0.15, 0.2) is 0 Å². The van der Waals surface area contributed by atoms with Crippen molar-refractivity contribution in [3.8, 4) is 11.8 Å². The molecule has 0 saturated heterocycles. The zero-order valence-corrected chi connectivity index (χ0v) is 44.9. The molecule has 0 N–H and O–H groups in total. The van der Waals surface area contributed by atoms with Crippen LogP contribution in [0, 0.1) is 24.7 Å². The van der Waals surface area contributed by atoms with Crippen molar-refractivity contribution in [2.45, 2.75) is 0 Å². The van der Waals surface area contributed by atoms with Crippen molar-refractivity contribution in [3.63, 3.8) is 0 Å². The molecule has 2 heterocycles. The van der Waals surface area contributed by atoms with Crippen LogP contribution in [0.5, 0.6) is 0 Å². The number of hydrogen-bond donors (Lipinski definition) is 0. The molecule has 6 heteroatoms. The molecule has 0 fully saturated rings. The van der Waals surface area contributed by atoms with Crippen LogP contribution < -0.4 is 31.8 Å². The average molecular weight is 1300 g/mol. The molecule has 2 nitrogen and oxygen atoms in total. The molecule has 0 bridgehead atoms. The van der Waals surface area contributed by atoms with Crippen LogP contribution in [0.15, 0.2) is 243 Å². The Balaban J connectivity index is 0.000000160. The Hall–Kier alpha value is -6.48. The van der Waals surface area contributed by atoms with E-state index in [1.165, 1.54) is 80.7 Å². The van der Waals surface area contributed by atoms with Crippen LogP contribution in [-0.2, 0) is 58.9 Å². The topological polar surface area (TPSA) is 9.86 Å². The third-order valence-electron chi connectivity index (χ3n) is 12.8. The maximum absolute atomic E-state index is 7.18. The van der Waals surface area contributed by atoms with Crippen LogP contribution in [0.2, 0.25) is 0 Å². The molecule has 0 unspecified atom stereocenters. The molecule has 344 valence electrons. The van der Waals surface area contributed by atoms with Crippen molar-refractivity contribution >= 4 is 102 Å². The maximum atomic E-state index is 7.18. The summed E-state index contributed by atoms with van der Waals surface area (Å²) in [4.78, 5) is 0. The van der Waals surface area contributed by atoms with Crippen molar-refractivity contribution in [2.24, 2.45) is 14.1 Å². The molecule has 0 aliphatic heterocycles. The molecule has 0 saturated carbocycles. The average Bonchev–Trinajstić information content (AvgIpc) is 3.86. The molecule has 0 aliphatic carbocycles. The second-order valence-electron chi connectivity index (χ2n) is 16.8. The summed E-state index contributed by atoms with van der Waals surface area (Å²) in [6.45, 7) is 0. The first-order valence-corrected chi connectivity index (χ1v) is 25.8. The van der Waals surface area contributed by atoms with Crippen LogP contribution >= 0.6 is 15.8 Å². The van der Waals surface area contributed by atoms with Crippen molar-refractivity contribution < 1.29 is 44.8 Å². The minimum atomic E-state index is -1.23. The zero-order valence-electron chi connectivity index (χ0n) is 38.6. The maximum Gasteiger partial charge on any atom is 1.00 e. The molecular formula is C64H48Au2N2P2+2. The van der Waals surface area contributed by atoms with Crippen LogP contribution in [0.3, 0.4) is 0 Å². The van der Waals surface area contributed by atoms with Crippen molar-refractivity contribution in [3.05, 3.63) is 267 Å². The fourth-order valence-electron chi connectivity index (χ4n) is 9.51. The Kier molecular flexibility index (Phi) is 16.4. The van der Waals surface area contributed by atoms with Crippen molar-refractivity contribution in [2.75, 3.05) is 0 Å². The standard InChI is InChI=1S/C34H26P2.2C15H10N.2Au/c1-5-17-29(18-6-1)35(30-19-7-2-8-20-30)33-25-27-15-13-14-16-28(27)26-34(33)36(31-21-9-3-10-22-31)32-23-11-4-12-24-32;1-3-11-8-9-15-13(10-11)12-6-4-5-7-14(12)16(15)2;1-3-11-8-9-13-12-6-4-5-7-14(12)16(2)15(13)10-11;;/h1-26H;2*4-10H,2H3;;/q;2*-1;2*+1/p+2. The van der Waals surface area contributed by atoms with Crippen LogP contribution in [0.25, 0.3) is 54.4 Å². The van der Waals surface area contributed by atoms with Gasteiger partial charge >= 0.3 is 44.8 Å². The molecule has 12 rings (SSSR count). The monoisotopic (exact) mass is 1300 g/mol. The Labute approximate surface area is 444 Å². The predicted molar refractivity (Wildman–Crippen MR) is 297 cm³/mol. The van der Waals surface area contributed by atoms with Crippen LogP contribution in [0.4, 0.5) is 0 Å². The van der Waals surface area contributed by atoms with Gasteiger partial charge in [0.2, 0.25) is 0 Å². The summed E-state index contributed by atoms with van der Waals surface area (Å²) in [5.41, 5.74) is 6.43. The SMILES string of the molecule is [Au+].[Au+].[C-]#Cc1ccc2c(c1)c1ccccc1n2C.[C-]#Cc1ccc2c3ccccc3n(C)c2c1.c1ccc([PH+](c2ccccc2)c2cc3ccccc3cc2[PH+](c2ccccc2)c2ccccc2)cc1. The van der Waals surface area contributed by atoms with E-state index in [2.05, 4.69) is 229 Å². The molecule has 10 aromatic carbocycles. The summed E-state index contributed by atoms with van der Waals surface area (Å²) in [6, 6.07) is 87.0. The van der Waals surface area contributed by atoms with E-state index >= 15 is 0 Å². The van der Waals surface area contributed by atoms with E-state index in [0.29, 0.717) is 0 Å². The van der Waals surface area contributed by atoms with Gasteiger partial charge in [0, 0.05) is 52.3 Å². The molecule has 2 aromatic heterocycles. The molecule has 0 radical (unpaired) electrons. The third kappa shape index (κ3) is 10.2. The summed E-state index contributed by atoms with van der Waals surface area (Å²) in [7, 11) is 1.66. The predicted octanol–water partition coefficient (Wildman–Crippen LogP) is 12.4. The van der Waals surface area contributed by atoms with E-state index in [4.69, 9.17) is 12.8 Å². The van der Waals surface area contributed by atoms with E-state index in [-0.39, 0.29) is 44.8 Å². The summed E-state index contributed by atoms with van der Waals surface area (Å²) < 4.78 is 4.34. The minimum Gasteiger partial charge on any atom is -0.366 e. The van der Waals surface area contributed by atoms with E-state index in [9.17, 15) is 0 Å². The number of aromatic nitrogens is 2. The Morgan fingerprint density at radius 3 is 1.09 bits per heavy atom. The molecule has 70 heavy (non-hydrogen) atoms. The summed E-state index contributed by atoms with van der Waals surface area (Å²) in [5.74, 6) is 4.86. The molecule has 0 spiro atoms. The second-order valence-corrected chi connectivity index (χ2v) is 21.7. The van der Waals surface area contributed by atoms with Gasteiger partial charge in [-0.05, 0) is 89.0 Å². The zero-order chi connectivity index (χ0) is 46.4. The smallest absolute Gasteiger partial charge is 0.366 e. The second kappa shape index (κ2) is 23.0. The molecule has 0 amide bonds. The van der Waals surface area contributed by atoms with Gasteiger partial charge in [0.05, 0.1) is 0 Å². The van der Waals surface area contributed by atoms with Gasteiger partial charge in [-0.1, -0.05) is 146 Å². The van der Waals surface area contributed by atoms with Crippen LogP contribution in [0.1, 0.15) is 11.1 Å². The number of aryl methyl sites for hydroxylation is 2. The normalized spacial score (nSPS) is 10.7. The van der Waals surface area contributed by atoms with Gasteiger partial charge in [-0.2, -0.15) is 0 Å². The quantitative estimate of drug-likeness (QED) is 0.0680. The Morgan fingerprint density at radius 1 is 0.314 bits per heavy atom. The van der Waals surface area contributed by atoms with Gasteiger partial charge in [-0.3, -0.25) is 11.8 Å². The van der Waals surface area contributed by atoms with Crippen molar-refractivity contribution in [1.29, 1.82) is 0 Å². The minimum absolute atomic E-state index is 0. The first-order chi connectivity index (χ1) is 33.5. The van der Waals surface area contributed by atoms with Gasteiger partial charge in [-0.25, -0.2) is 0 Å².